The molecular weight excluding hydrogens is 386 g/mol. The van der Waals surface area contributed by atoms with Crippen LogP contribution < -0.4 is 15.5 Å². The van der Waals surface area contributed by atoms with Crippen LogP contribution in [0.1, 0.15) is 48.9 Å². The molecule has 1 aliphatic carbocycles. The number of nitrogens with zero attached hydrogens (tertiary/aromatic N) is 1. The van der Waals surface area contributed by atoms with E-state index in [2.05, 4.69) is 10.6 Å². The molecule has 150 valence electrons. The molecule has 9 heteroatoms. The van der Waals surface area contributed by atoms with Crippen molar-refractivity contribution < 1.29 is 23.9 Å². The third-order valence-electron chi connectivity index (χ3n) is 4.82. The van der Waals surface area contributed by atoms with Crippen LogP contribution in [-0.4, -0.2) is 43.0 Å². The predicted octanol–water partition coefficient (Wildman–Crippen LogP) is 2.39. The third-order valence-corrected chi connectivity index (χ3v) is 5.06. The number of urea groups is 1. The number of rotatable bonds is 5. The number of anilines is 1. The Morgan fingerprint density at radius 3 is 2.61 bits per heavy atom. The lowest BCUT2D eigenvalue weighted by Gasteiger charge is -2.19. The molecule has 4 amide bonds. The van der Waals surface area contributed by atoms with Gasteiger partial charge in [-0.15, -0.1) is 0 Å². The second-order valence-corrected chi connectivity index (χ2v) is 7.33. The maximum atomic E-state index is 12.4. The number of carbonyl (C=O) groups excluding carboxylic acids is 4. The Morgan fingerprint density at radius 1 is 1.18 bits per heavy atom. The molecule has 0 atom stereocenters. The number of esters is 1. The molecule has 28 heavy (non-hydrogen) atoms. The van der Waals surface area contributed by atoms with E-state index >= 15 is 0 Å². The first-order chi connectivity index (χ1) is 13.4. The first kappa shape index (κ1) is 20.1. The summed E-state index contributed by atoms with van der Waals surface area (Å²) in [7, 11) is 0. The highest BCUT2D eigenvalue weighted by atomic mass is 35.5. The molecule has 3 rings (SSSR count). The van der Waals surface area contributed by atoms with Crippen LogP contribution in [0.2, 0.25) is 5.02 Å². The first-order valence-corrected chi connectivity index (χ1v) is 9.69. The van der Waals surface area contributed by atoms with Crippen molar-refractivity contribution in [1.29, 1.82) is 0 Å². The Morgan fingerprint density at radius 2 is 1.93 bits per heavy atom. The van der Waals surface area contributed by atoms with Crippen LogP contribution in [0.5, 0.6) is 0 Å². The van der Waals surface area contributed by atoms with Crippen LogP contribution in [0.4, 0.5) is 10.5 Å². The fraction of sp³-hybridized carbons (Fsp3) is 0.474. The normalized spacial score (nSPS) is 16.9. The second kappa shape index (κ2) is 9.05. The Balaban J connectivity index is 1.56. The summed E-state index contributed by atoms with van der Waals surface area (Å²) >= 11 is 6.00. The van der Waals surface area contributed by atoms with Crippen LogP contribution in [0, 0.1) is 0 Å². The van der Waals surface area contributed by atoms with E-state index < -0.39 is 24.5 Å². The van der Waals surface area contributed by atoms with Gasteiger partial charge < -0.3 is 15.0 Å². The molecule has 1 aromatic carbocycles. The number of nitrogens with one attached hydrogen (secondary N) is 2. The average Bonchev–Trinajstić information content (AvgIpc) is 3.31. The number of imide groups is 1. The second-order valence-electron chi connectivity index (χ2n) is 6.89. The van der Waals surface area contributed by atoms with Crippen molar-refractivity contribution in [3.63, 3.8) is 0 Å². The smallest absolute Gasteiger partial charge is 0.340 e. The van der Waals surface area contributed by atoms with Gasteiger partial charge in [-0.3, -0.25) is 14.9 Å². The maximum absolute atomic E-state index is 12.4. The van der Waals surface area contributed by atoms with E-state index in [4.69, 9.17) is 16.3 Å². The molecule has 1 aromatic rings. The van der Waals surface area contributed by atoms with Gasteiger partial charge in [0.2, 0.25) is 5.91 Å². The van der Waals surface area contributed by atoms with Crippen molar-refractivity contribution in [2.45, 2.75) is 44.6 Å². The Hall–Kier alpha value is -2.61. The fourth-order valence-electron chi connectivity index (χ4n) is 3.47. The standard InChI is InChI=1S/C19H22ClN3O5/c20-12-7-8-14(15(10-12)23-9-3-6-17(23)25)18(26)28-11-16(24)22-19(27)21-13-4-1-2-5-13/h7-8,10,13H,1-6,9,11H2,(H2,21,22,24,27). The highest BCUT2D eigenvalue weighted by Crippen LogP contribution is 2.29. The molecular formula is C19H22ClN3O5. The van der Waals surface area contributed by atoms with Crippen molar-refractivity contribution in [3.05, 3.63) is 28.8 Å². The molecule has 1 saturated heterocycles. The van der Waals surface area contributed by atoms with Crippen LogP contribution >= 0.6 is 11.6 Å². The summed E-state index contributed by atoms with van der Waals surface area (Å²) in [6.07, 6.45) is 4.99. The topological polar surface area (TPSA) is 105 Å². The molecule has 0 aromatic heterocycles. The lowest BCUT2D eigenvalue weighted by molar-refractivity contribution is -0.123. The highest BCUT2D eigenvalue weighted by Gasteiger charge is 2.27. The van der Waals surface area contributed by atoms with Gasteiger partial charge in [-0.05, 0) is 37.5 Å². The molecule has 2 aliphatic rings. The third kappa shape index (κ3) is 5.01. The van der Waals surface area contributed by atoms with E-state index in [0.717, 1.165) is 25.7 Å². The molecule has 0 radical (unpaired) electrons. The minimum Gasteiger partial charge on any atom is -0.452 e. The van der Waals surface area contributed by atoms with E-state index in [0.29, 0.717) is 30.1 Å². The van der Waals surface area contributed by atoms with Crippen LogP contribution in [-0.2, 0) is 14.3 Å². The zero-order chi connectivity index (χ0) is 20.1. The fourth-order valence-corrected chi connectivity index (χ4v) is 3.63. The largest absolute Gasteiger partial charge is 0.452 e. The van der Waals surface area contributed by atoms with Gasteiger partial charge in [0.1, 0.15) is 0 Å². The summed E-state index contributed by atoms with van der Waals surface area (Å²) in [4.78, 5) is 49.6. The van der Waals surface area contributed by atoms with E-state index in [1.54, 1.807) is 0 Å². The summed E-state index contributed by atoms with van der Waals surface area (Å²) in [5.41, 5.74) is 0.502. The van der Waals surface area contributed by atoms with E-state index in [-0.39, 0.29) is 17.5 Å². The Labute approximate surface area is 167 Å². The van der Waals surface area contributed by atoms with Crippen LogP contribution in [0.15, 0.2) is 18.2 Å². The average molecular weight is 408 g/mol. The minimum atomic E-state index is -0.766. The van der Waals surface area contributed by atoms with Crippen molar-refractivity contribution in [2.75, 3.05) is 18.1 Å². The van der Waals surface area contributed by atoms with Gasteiger partial charge in [-0.25, -0.2) is 9.59 Å². The monoisotopic (exact) mass is 407 g/mol. The van der Waals surface area contributed by atoms with Crippen molar-refractivity contribution in [2.24, 2.45) is 0 Å². The molecule has 2 N–H and O–H groups in total. The first-order valence-electron chi connectivity index (χ1n) is 9.31. The quantitative estimate of drug-likeness (QED) is 0.729. The lowest BCUT2D eigenvalue weighted by atomic mass is 10.1. The van der Waals surface area contributed by atoms with Gasteiger partial charge in [0.25, 0.3) is 5.91 Å². The minimum absolute atomic E-state index is 0.0740. The zero-order valence-corrected chi connectivity index (χ0v) is 16.1. The Bertz CT molecular complexity index is 792. The van der Waals surface area contributed by atoms with Gasteiger partial charge >= 0.3 is 12.0 Å². The molecule has 1 aliphatic heterocycles. The molecule has 0 unspecified atom stereocenters. The SMILES string of the molecule is O=C(COC(=O)c1ccc(Cl)cc1N1CCCC1=O)NC(=O)NC1CCCC1. The maximum Gasteiger partial charge on any atom is 0.340 e. The number of ether oxygens (including phenoxy) is 1. The van der Waals surface area contributed by atoms with Gasteiger partial charge in [0.05, 0.1) is 11.3 Å². The number of amides is 4. The molecule has 1 saturated carbocycles. The predicted molar refractivity (Wildman–Crippen MR) is 102 cm³/mol. The number of carbonyl (C=O) groups is 4. The number of halogens is 1. The number of benzene rings is 1. The van der Waals surface area contributed by atoms with Crippen molar-refractivity contribution >= 4 is 41.1 Å². The van der Waals surface area contributed by atoms with Gasteiger partial charge in [-0.2, -0.15) is 0 Å². The van der Waals surface area contributed by atoms with Gasteiger partial charge in [0, 0.05) is 24.0 Å². The van der Waals surface area contributed by atoms with Crippen LogP contribution in [0.3, 0.4) is 0 Å². The van der Waals surface area contributed by atoms with E-state index in [1.165, 1.54) is 23.1 Å². The molecule has 2 fully saturated rings. The van der Waals surface area contributed by atoms with Gasteiger partial charge in [-0.1, -0.05) is 24.4 Å². The molecule has 0 bridgehead atoms. The summed E-state index contributed by atoms with van der Waals surface area (Å²) < 4.78 is 5.02. The lowest BCUT2D eigenvalue weighted by Crippen LogP contribution is -2.45. The molecule has 0 spiro atoms. The summed E-state index contributed by atoms with van der Waals surface area (Å²) in [5.74, 6) is -1.59. The summed E-state index contributed by atoms with van der Waals surface area (Å²) in [6, 6.07) is 3.97. The summed E-state index contributed by atoms with van der Waals surface area (Å²) in [6.45, 7) is -0.117. The van der Waals surface area contributed by atoms with E-state index in [9.17, 15) is 19.2 Å². The zero-order valence-electron chi connectivity index (χ0n) is 15.3. The molecule has 1 heterocycles. The van der Waals surface area contributed by atoms with Gasteiger partial charge in [0.15, 0.2) is 6.61 Å². The van der Waals surface area contributed by atoms with Crippen molar-refractivity contribution in [3.8, 4) is 0 Å². The molecule has 8 nitrogen and oxygen atoms in total. The highest BCUT2D eigenvalue weighted by molar-refractivity contribution is 6.31. The van der Waals surface area contributed by atoms with Crippen molar-refractivity contribution in [1.82, 2.24) is 10.6 Å². The Kier molecular flexibility index (Phi) is 6.51. The van der Waals surface area contributed by atoms with Crippen LogP contribution in [0.25, 0.3) is 0 Å². The van der Waals surface area contributed by atoms with E-state index in [1.807, 2.05) is 0 Å². The summed E-state index contributed by atoms with van der Waals surface area (Å²) in [5, 5.41) is 5.25. The number of hydrogen-bond acceptors (Lipinski definition) is 5. The number of hydrogen-bond donors (Lipinski definition) is 2.